The summed E-state index contributed by atoms with van der Waals surface area (Å²) in [7, 11) is 0. The predicted octanol–water partition coefficient (Wildman–Crippen LogP) is 2.89. The summed E-state index contributed by atoms with van der Waals surface area (Å²) in [4.78, 5) is 11.3. The van der Waals surface area contributed by atoms with Gasteiger partial charge in [-0.2, -0.15) is 5.10 Å². The Morgan fingerprint density at radius 3 is 2.88 bits per heavy atom. The summed E-state index contributed by atoms with van der Waals surface area (Å²) in [5.74, 6) is 0.936. The Hall–Kier alpha value is -0.640. The summed E-state index contributed by atoms with van der Waals surface area (Å²) in [5, 5.41) is 4.47. The number of aromatic nitrogens is 2. The molecule has 0 amide bonds. The second kappa shape index (κ2) is 4.70. The van der Waals surface area contributed by atoms with Crippen LogP contribution in [0, 0.1) is 12.8 Å². The van der Waals surface area contributed by atoms with Crippen LogP contribution in [-0.2, 0) is 17.8 Å². The summed E-state index contributed by atoms with van der Waals surface area (Å²) >= 11 is 3.60. The van der Waals surface area contributed by atoms with E-state index in [9.17, 15) is 4.79 Å². The van der Waals surface area contributed by atoms with E-state index in [0.29, 0.717) is 11.7 Å². The van der Waals surface area contributed by atoms with Crippen molar-refractivity contribution in [1.82, 2.24) is 9.78 Å². The molecule has 1 fully saturated rings. The van der Waals surface area contributed by atoms with Gasteiger partial charge in [0.15, 0.2) is 0 Å². The number of carbonyl (C=O) groups excluding carboxylic acids is 1. The van der Waals surface area contributed by atoms with Gasteiger partial charge < -0.3 is 0 Å². The van der Waals surface area contributed by atoms with Gasteiger partial charge in [-0.1, -0.05) is 0 Å². The fraction of sp³-hybridized carbons (Fsp3) is 0.667. The maximum atomic E-state index is 11.3. The molecule has 3 nitrogen and oxygen atoms in total. The number of rotatable bonds is 3. The molecule has 1 heterocycles. The van der Waals surface area contributed by atoms with Gasteiger partial charge in [0.05, 0.1) is 15.9 Å². The van der Waals surface area contributed by atoms with E-state index in [2.05, 4.69) is 28.0 Å². The molecule has 0 aromatic carbocycles. The summed E-state index contributed by atoms with van der Waals surface area (Å²) in [6.45, 7) is 5.00. The lowest BCUT2D eigenvalue weighted by atomic mass is 10.0. The van der Waals surface area contributed by atoms with Gasteiger partial charge in [-0.05, 0) is 48.5 Å². The van der Waals surface area contributed by atoms with E-state index < -0.39 is 0 Å². The number of halogens is 1. The number of hydrogen-bond donors (Lipinski definition) is 0. The van der Waals surface area contributed by atoms with Crippen LogP contribution in [0.1, 0.15) is 37.6 Å². The molecule has 0 bridgehead atoms. The normalized spacial score (nSPS) is 20.7. The van der Waals surface area contributed by atoms with Crippen LogP contribution < -0.4 is 0 Å². The van der Waals surface area contributed by atoms with Crippen LogP contribution >= 0.6 is 15.9 Å². The van der Waals surface area contributed by atoms with Crippen LogP contribution in [0.15, 0.2) is 4.47 Å². The number of ketones is 1. The van der Waals surface area contributed by atoms with E-state index in [1.807, 2.05) is 11.6 Å². The molecule has 0 radical (unpaired) electrons. The molecule has 1 atom stereocenters. The highest BCUT2D eigenvalue weighted by Gasteiger charge is 2.25. The highest BCUT2D eigenvalue weighted by Crippen LogP contribution is 2.30. The fourth-order valence-electron chi connectivity index (χ4n) is 2.40. The topological polar surface area (TPSA) is 34.9 Å². The number of aryl methyl sites for hydroxylation is 2. The lowest BCUT2D eigenvalue weighted by Crippen LogP contribution is -2.08. The molecule has 88 valence electrons. The van der Waals surface area contributed by atoms with E-state index in [1.54, 1.807) is 0 Å². The lowest BCUT2D eigenvalue weighted by molar-refractivity contribution is -0.117. The molecule has 1 aromatic heterocycles. The third-order valence-corrected chi connectivity index (χ3v) is 4.31. The van der Waals surface area contributed by atoms with Crippen molar-refractivity contribution in [3.63, 3.8) is 0 Å². The quantitative estimate of drug-likeness (QED) is 0.856. The zero-order chi connectivity index (χ0) is 11.7. The largest absolute Gasteiger partial charge is 0.300 e. The van der Waals surface area contributed by atoms with Crippen molar-refractivity contribution in [3.8, 4) is 0 Å². The van der Waals surface area contributed by atoms with Gasteiger partial charge in [0.1, 0.15) is 5.78 Å². The molecule has 1 aromatic rings. The minimum atomic E-state index is 0.417. The first-order valence-electron chi connectivity index (χ1n) is 5.85. The number of carbonyl (C=O) groups is 1. The van der Waals surface area contributed by atoms with Gasteiger partial charge in [0.25, 0.3) is 0 Å². The van der Waals surface area contributed by atoms with E-state index in [1.165, 1.54) is 5.69 Å². The second-order valence-corrected chi connectivity index (χ2v) is 5.31. The average Bonchev–Trinajstić information content (AvgIpc) is 2.77. The van der Waals surface area contributed by atoms with Crippen LogP contribution in [0.25, 0.3) is 0 Å². The van der Waals surface area contributed by atoms with Crippen molar-refractivity contribution in [2.24, 2.45) is 5.92 Å². The van der Waals surface area contributed by atoms with E-state index in [0.717, 1.165) is 42.4 Å². The van der Waals surface area contributed by atoms with Crippen molar-refractivity contribution in [3.05, 3.63) is 15.9 Å². The van der Waals surface area contributed by atoms with Crippen LogP contribution in [0.5, 0.6) is 0 Å². The van der Waals surface area contributed by atoms with Crippen molar-refractivity contribution >= 4 is 21.7 Å². The van der Waals surface area contributed by atoms with Gasteiger partial charge in [-0.25, -0.2) is 0 Å². The van der Waals surface area contributed by atoms with Gasteiger partial charge >= 0.3 is 0 Å². The predicted molar refractivity (Wildman–Crippen MR) is 66.4 cm³/mol. The number of hydrogen-bond acceptors (Lipinski definition) is 2. The Balaban J connectivity index is 2.17. The monoisotopic (exact) mass is 284 g/mol. The van der Waals surface area contributed by atoms with Gasteiger partial charge in [0, 0.05) is 19.4 Å². The molecule has 1 aliphatic carbocycles. The average molecular weight is 285 g/mol. The minimum Gasteiger partial charge on any atom is -0.300 e. The second-order valence-electron chi connectivity index (χ2n) is 4.51. The van der Waals surface area contributed by atoms with Gasteiger partial charge in [-0.15, -0.1) is 0 Å². The van der Waals surface area contributed by atoms with Gasteiger partial charge in [0.2, 0.25) is 0 Å². The molecule has 1 saturated carbocycles. The third kappa shape index (κ3) is 2.21. The summed E-state index contributed by atoms with van der Waals surface area (Å²) in [5.41, 5.74) is 2.29. The van der Waals surface area contributed by atoms with Crippen LogP contribution in [0.3, 0.4) is 0 Å². The lowest BCUT2D eigenvalue weighted by Gasteiger charge is -2.10. The Labute approximate surface area is 104 Å². The number of Topliss-reactive ketones (excluding diaryl/α,β-unsaturated/α-hetero) is 1. The van der Waals surface area contributed by atoms with Crippen molar-refractivity contribution < 1.29 is 4.79 Å². The Bertz CT molecular complexity index is 411. The Morgan fingerprint density at radius 1 is 1.56 bits per heavy atom. The zero-order valence-electron chi connectivity index (χ0n) is 9.79. The molecule has 1 aliphatic rings. The SMILES string of the molecule is CCn1nc(C)c(Br)c1CC1CCC(=O)C1. The number of nitrogens with zero attached hydrogens (tertiary/aromatic N) is 2. The zero-order valence-corrected chi connectivity index (χ0v) is 11.4. The summed E-state index contributed by atoms with van der Waals surface area (Å²) in [6.07, 6.45) is 3.53. The molecular formula is C12H17BrN2O. The molecule has 4 heteroatoms. The molecule has 0 aliphatic heterocycles. The van der Waals surface area contributed by atoms with E-state index in [4.69, 9.17) is 0 Å². The fourth-order valence-corrected chi connectivity index (χ4v) is 2.85. The highest BCUT2D eigenvalue weighted by molar-refractivity contribution is 9.10. The van der Waals surface area contributed by atoms with Crippen molar-refractivity contribution in [2.75, 3.05) is 0 Å². The van der Waals surface area contributed by atoms with E-state index >= 15 is 0 Å². The molecule has 1 unspecified atom stereocenters. The first-order valence-corrected chi connectivity index (χ1v) is 6.64. The highest BCUT2D eigenvalue weighted by atomic mass is 79.9. The first-order chi connectivity index (χ1) is 7.61. The maximum absolute atomic E-state index is 11.3. The first kappa shape index (κ1) is 11.8. The van der Waals surface area contributed by atoms with Crippen LogP contribution in [-0.4, -0.2) is 15.6 Å². The standard InChI is InChI=1S/C12H17BrN2O/c1-3-15-11(12(13)8(2)14-15)7-9-4-5-10(16)6-9/h9H,3-7H2,1-2H3. The molecule has 0 N–H and O–H groups in total. The summed E-state index contributed by atoms with van der Waals surface area (Å²) in [6, 6.07) is 0. The minimum absolute atomic E-state index is 0.417. The summed E-state index contributed by atoms with van der Waals surface area (Å²) < 4.78 is 3.16. The van der Waals surface area contributed by atoms with Crippen LogP contribution in [0.4, 0.5) is 0 Å². The molecule has 0 saturated heterocycles. The van der Waals surface area contributed by atoms with Crippen LogP contribution in [0.2, 0.25) is 0 Å². The third-order valence-electron chi connectivity index (χ3n) is 3.28. The van der Waals surface area contributed by atoms with Crippen molar-refractivity contribution in [2.45, 2.75) is 46.1 Å². The van der Waals surface area contributed by atoms with E-state index in [-0.39, 0.29) is 0 Å². The Kier molecular flexibility index (Phi) is 3.47. The van der Waals surface area contributed by atoms with Crippen molar-refractivity contribution in [1.29, 1.82) is 0 Å². The molecular weight excluding hydrogens is 268 g/mol. The maximum Gasteiger partial charge on any atom is 0.133 e. The van der Waals surface area contributed by atoms with Gasteiger partial charge in [-0.3, -0.25) is 9.48 Å². The molecule has 2 rings (SSSR count). The smallest absolute Gasteiger partial charge is 0.133 e. The molecule has 0 spiro atoms. The molecule has 16 heavy (non-hydrogen) atoms. The Morgan fingerprint density at radius 2 is 2.31 bits per heavy atom.